The fraction of sp³-hybridized carbons (Fsp3) is 0.667. The van der Waals surface area contributed by atoms with Gasteiger partial charge >= 0.3 is 0 Å². The minimum Gasteiger partial charge on any atom is -0.193 e. The second-order valence-corrected chi connectivity index (χ2v) is 2.79. The Hall–Kier alpha value is -0.770. The van der Waals surface area contributed by atoms with Crippen molar-refractivity contribution < 1.29 is 0 Å². The van der Waals surface area contributed by atoms with Crippen molar-refractivity contribution in [3.63, 3.8) is 0 Å². The normalized spacial score (nSPS) is 25.3. The van der Waals surface area contributed by atoms with Crippen molar-refractivity contribution >= 4 is 0 Å². The third kappa shape index (κ3) is 2.23. The molecule has 0 spiro atoms. The molecule has 54 valence electrons. The zero-order chi connectivity index (χ0) is 7.23. The summed E-state index contributed by atoms with van der Waals surface area (Å²) in [5.41, 5.74) is 1.000. The van der Waals surface area contributed by atoms with E-state index in [-0.39, 0.29) is 0 Å². The second kappa shape index (κ2) is 4.11. The first-order valence-electron chi connectivity index (χ1n) is 4.02. The smallest absolute Gasteiger partial charge is 0.0943 e. The number of nitriles is 1. The van der Waals surface area contributed by atoms with Crippen LogP contribution in [0.2, 0.25) is 0 Å². The zero-order valence-electron chi connectivity index (χ0n) is 6.27. The predicted octanol–water partition coefficient (Wildman–Crippen LogP) is 2.79. The molecule has 0 radical (unpaired) electrons. The first-order valence-corrected chi connectivity index (χ1v) is 4.02. The topological polar surface area (TPSA) is 23.8 Å². The number of hydrogen-bond acceptors (Lipinski definition) is 1. The van der Waals surface area contributed by atoms with Crippen LogP contribution < -0.4 is 0 Å². The molecule has 0 bridgehead atoms. The Morgan fingerprint density at radius 2 is 2.00 bits per heavy atom. The third-order valence-corrected chi connectivity index (χ3v) is 1.93. The Balaban J connectivity index is 2.45. The molecular formula is C9H13N. The molecule has 0 aromatic rings. The second-order valence-electron chi connectivity index (χ2n) is 2.79. The molecule has 1 heteroatoms. The Kier molecular flexibility index (Phi) is 3.02. The van der Waals surface area contributed by atoms with Gasteiger partial charge in [-0.25, -0.2) is 0 Å². The highest BCUT2D eigenvalue weighted by atomic mass is 14.2. The molecule has 0 saturated heterocycles. The van der Waals surface area contributed by atoms with Gasteiger partial charge < -0.3 is 0 Å². The first-order chi connectivity index (χ1) is 4.93. The van der Waals surface area contributed by atoms with E-state index in [9.17, 15) is 0 Å². The SMILES string of the molecule is N#C/C1=C/CCCCCC1. The van der Waals surface area contributed by atoms with E-state index in [0.717, 1.165) is 18.4 Å². The van der Waals surface area contributed by atoms with Gasteiger partial charge in [0.1, 0.15) is 0 Å². The van der Waals surface area contributed by atoms with Gasteiger partial charge in [0.2, 0.25) is 0 Å². The molecule has 0 N–H and O–H groups in total. The maximum atomic E-state index is 8.59. The van der Waals surface area contributed by atoms with Crippen molar-refractivity contribution in [1.29, 1.82) is 5.26 Å². The summed E-state index contributed by atoms with van der Waals surface area (Å²) < 4.78 is 0. The molecule has 0 fully saturated rings. The monoisotopic (exact) mass is 135 g/mol. The van der Waals surface area contributed by atoms with Crippen LogP contribution in [-0.2, 0) is 0 Å². The largest absolute Gasteiger partial charge is 0.193 e. The van der Waals surface area contributed by atoms with Crippen LogP contribution in [0, 0.1) is 11.3 Å². The van der Waals surface area contributed by atoms with Gasteiger partial charge in [-0.05, 0) is 25.7 Å². The van der Waals surface area contributed by atoms with Gasteiger partial charge in [-0.3, -0.25) is 0 Å². The lowest BCUT2D eigenvalue weighted by atomic mass is 10.0. The third-order valence-electron chi connectivity index (χ3n) is 1.93. The molecule has 0 heterocycles. The lowest BCUT2D eigenvalue weighted by Gasteiger charge is -2.03. The fourth-order valence-electron chi connectivity index (χ4n) is 1.29. The Labute approximate surface area is 62.4 Å². The van der Waals surface area contributed by atoms with Crippen LogP contribution in [0.25, 0.3) is 0 Å². The minimum atomic E-state index is 1.000. The molecule has 0 aromatic carbocycles. The van der Waals surface area contributed by atoms with E-state index in [1.54, 1.807) is 0 Å². The molecule has 0 atom stereocenters. The average Bonchev–Trinajstić information content (AvgIpc) is 1.87. The van der Waals surface area contributed by atoms with Crippen LogP contribution in [0.5, 0.6) is 0 Å². The molecule has 0 aromatic heterocycles. The van der Waals surface area contributed by atoms with Crippen LogP contribution in [0.3, 0.4) is 0 Å². The molecule has 1 rings (SSSR count). The van der Waals surface area contributed by atoms with E-state index in [0.29, 0.717) is 0 Å². The van der Waals surface area contributed by atoms with Crippen LogP contribution in [0.15, 0.2) is 11.6 Å². The summed E-state index contributed by atoms with van der Waals surface area (Å²) in [6.07, 6.45) is 9.34. The average molecular weight is 135 g/mol. The lowest BCUT2D eigenvalue weighted by molar-refractivity contribution is 0.630. The minimum absolute atomic E-state index is 1.000. The maximum Gasteiger partial charge on any atom is 0.0943 e. The Morgan fingerprint density at radius 3 is 2.80 bits per heavy atom. The van der Waals surface area contributed by atoms with Crippen molar-refractivity contribution in [2.24, 2.45) is 0 Å². The summed E-state index contributed by atoms with van der Waals surface area (Å²) in [7, 11) is 0. The Morgan fingerprint density at radius 1 is 1.20 bits per heavy atom. The molecule has 0 aliphatic heterocycles. The van der Waals surface area contributed by atoms with Crippen molar-refractivity contribution in [3.8, 4) is 6.07 Å². The van der Waals surface area contributed by atoms with Crippen LogP contribution in [-0.4, -0.2) is 0 Å². The lowest BCUT2D eigenvalue weighted by Crippen LogP contribution is -1.87. The maximum absolute atomic E-state index is 8.59. The molecule has 0 amide bonds. The summed E-state index contributed by atoms with van der Waals surface area (Å²) in [4.78, 5) is 0. The highest BCUT2D eigenvalue weighted by Crippen LogP contribution is 2.15. The molecular weight excluding hydrogens is 122 g/mol. The summed E-state index contributed by atoms with van der Waals surface area (Å²) >= 11 is 0. The number of hydrogen-bond donors (Lipinski definition) is 0. The quantitative estimate of drug-likeness (QED) is 0.501. The molecule has 1 aliphatic carbocycles. The van der Waals surface area contributed by atoms with E-state index in [2.05, 4.69) is 12.1 Å². The standard InChI is InChI=1S/C9H13N/c10-8-9-6-4-2-1-3-5-7-9/h6H,1-5,7H2/b9-6+. The molecule has 0 saturated carbocycles. The summed E-state index contributed by atoms with van der Waals surface area (Å²) in [6.45, 7) is 0. The van der Waals surface area contributed by atoms with Gasteiger partial charge in [-0.1, -0.05) is 18.9 Å². The van der Waals surface area contributed by atoms with Crippen LogP contribution in [0.1, 0.15) is 38.5 Å². The number of allylic oxidation sites excluding steroid dienone is 2. The zero-order valence-corrected chi connectivity index (χ0v) is 6.27. The van der Waals surface area contributed by atoms with E-state index in [1.807, 2.05) is 0 Å². The number of nitrogens with zero attached hydrogens (tertiary/aromatic N) is 1. The van der Waals surface area contributed by atoms with Gasteiger partial charge in [-0.15, -0.1) is 0 Å². The van der Waals surface area contributed by atoms with Crippen LogP contribution >= 0.6 is 0 Å². The predicted molar refractivity (Wildman–Crippen MR) is 41.4 cm³/mol. The summed E-state index contributed by atoms with van der Waals surface area (Å²) in [5, 5.41) is 8.59. The van der Waals surface area contributed by atoms with E-state index < -0.39 is 0 Å². The van der Waals surface area contributed by atoms with E-state index in [1.165, 1.54) is 25.7 Å². The highest BCUT2D eigenvalue weighted by molar-refractivity contribution is 5.20. The molecule has 1 nitrogen and oxygen atoms in total. The molecule has 10 heavy (non-hydrogen) atoms. The van der Waals surface area contributed by atoms with Gasteiger partial charge in [0, 0.05) is 5.57 Å². The summed E-state index contributed by atoms with van der Waals surface area (Å²) in [5.74, 6) is 0. The molecule has 1 aliphatic rings. The van der Waals surface area contributed by atoms with Crippen molar-refractivity contribution in [2.45, 2.75) is 38.5 Å². The van der Waals surface area contributed by atoms with Crippen LogP contribution in [0.4, 0.5) is 0 Å². The van der Waals surface area contributed by atoms with E-state index >= 15 is 0 Å². The van der Waals surface area contributed by atoms with Crippen molar-refractivity contribution in [1.82, 2.24) is 0 Å². The fourth-order valence-corrected chi connectivity index (χ4v) is 1.29. The van der Waals surface area contributed by atoms with Gasteiger partial charge in [0.05, 0.1) is 6.07 Å². The highest BCUT2D eigenvalue weighted by Gasteiger charge is 1.99. The molecule has 0 unspecified atom stereocenters. The Bertz CT molecular complexity index is 162. The summed E-state index contributed by atoms with van der Waals surface area (Å²) in [6, 6.07) is 2.23. The first kappa shape index (κ1) is 7.34. The van der Waals surface area contributed by atoms with Gasteiger partial charge in [-0.2, -0.15) is 5.26 Å². The number of rotatable bonds is 0. The van der Waals surface area contributed by atoms with Gasteiger partial charge in [0.25, 0.3) is 0 Å². The van der Waals surface area contributed by atoms with Gasteiger partial charge in [0.15, 0.2) is 0 Å². The van der Waals surface area contributed by atoms with Crippen molar-refractivity contribution in [2.75, 3.05) is 0 Å². The van der Waals surface area contributed by atoms with Crippen molar-refractivity contribution in [3.05, 3.63) is 11.6 Å². The van der Waals surface area contributed by atoms with E-state index in [4.69, 9.17) is 5.26 Å².